The fourth-order valence-electron chi connectivity index (χ4n) is 2.41. The van der Waals surface area contributed by atoms with Crippen LogP contribution in [0.4, 0.5) is 32.4 Å². The van der Waals surface area contributed by atoms with E-state index in [1.807, 2.05) is 5.32 Å². The lowest BCUT2D eigenvalue weighted by Crippen LogP contribution is -2.49. The molecule has 1 fully saturated rings. The van der Waals surface area contributed by atoms with Gasteiger partial charge in [-0.1, -0.05) is 11.8 Å². The number of hydrogen-bond acceptors (Lipinski definition) is 1. The minimum atomic E-state index is -5.00. The predicted octanol–water partition coefficient (Wildman–Crippen LogP) is 3.31. The number of carbonyl (C=O) groups is 1. The van der Waals surface area contributed by atoms with Gasteiger partial charge in [-0.15, -0.1) is 0 Å². The molecule has 3 nitrogen and oxygen atoms in total. The molecule has 1 atom stereocenters. The first-order valence-electron chi connectivity index (χ1n) is 6.87. The third-order valence-electron chi connectivity index (χ3n) is 3.83. The van der Waals surface area contributed by atoms with Crippen molar-refractivity contribution < 1.29 is 26.7 Å². The summed E-state index contributed by atoms with van der Waals surface area (Å²) in [4.78, 5) is 11.6. The average molecular weight is 330 g/mol. The lowest BCUT2D eigenvalue weighted by molar-refractivity contribution is -0.171. The topological polar surface area (TPSA) is 41.1 Å². The Labute approximate surface area is 128 Å². The van der Waals surface area contributed by atoms with Crippen molar-refractivity contribution in [2.24, 2.45) is 5.92 Å². The zero-order valence-corrected chi connectivity index (χ0v) is 11.7. The smallest absolute Gasteiger partial charge is 0.336 e. The van der Waals surface area contributed by atoms with Crippen LogP contribution in [0.1, 0.15) is 18.4 Å². The Hall–Kier alpha value is -2.30. The largest absolute Gasteiger partial charge is 0.411 e. The van der Waals surface area contributed by atoms with Crippen molar-refractivity contribution >= 4 is 11.7 Å². The van der Waals surface area contributed by atoms with E-state index in [9.17, 15) is 26.7 Å². The van der Waals surface area contributed by atoms with Crippen LogP contribution >= 0.6 is 0 Å². The van der Waals surface area contributed by atoms with E-state index in [2.05, 4.69) is 17.2 Å². The van der Waals surface area contributed by atoms with Crippen molar-refractivity contribution in [1.29, 1.82) is 0 Å². The van der Waals surface area contributed by atoms with E-state index in [0.29, 0.717) is 18.9 Å². The molecule has 1 aliphatic carbocycles. The van der Waals surface area contributed by atoms with E-state index >= 15 is 0 Å². The number of alkyl halides is 3. The Morgan fingerprint density at radius 1 is 1.22 bits per heavy atom. The summed E-state index contributed by atoms with van der Waals surface area (Å²) in [6.07, 6.45) is -3.66. The fourth-order valence-corrected chi connectivity index (χ4v) is 2.41. The number of fused-ring (bicyclic) bond motifs is 1. The number of hydrogen-bond donors (Lipinski definition) is 2. The highest BCUT2D eigenvalue weighted by molar-refractivity contribution is 5.92. The number of halogens is 5. The molecular formula is C15H11F5N2O. The molecular weight excluding hydrogens is 319 g/mol. The summed E-state index contributed by atoms with van der Waals surface area (Å²) >= 11 is 0. The summed E-state index contributed by atoms with van der Waals surface area (Å²) in [5, 5.41) is 4.11. The van der Waals surface area contributed by atoms with Gasteiger partial charge in [-0.2, -0.15) is 13.2 Å². The van der Waals surface area contributed by atoms with Crippen LogP contribution in [0.25, 0.3) is 0 Å². The summed E-state index contributed by atoms with van der Waals surface area (Å²) < 4.78 is 69.2. The maximum Gasteiger partial charge on any atom is 0.411 e. The van der Waals surface area contributed by atoms with Crippen molar-refractivity contribution in [1.82, 2.24) is 5.32 Å². The van der Waals surface area contributed by atoms with Gasteiger partial charge >= 0.3 is 12.2 Å². The molecule has 3 rings (SSSR count). The summed E-state index contributed by atoms with van der Waals surface area (Å²) in [6, 6.07) is 0.629. The molecule has 1 unspecified atom stereocenters. The first-order valence-corrected chi connectivity index (χ1v) is 6.87. The van der Waals surface area contributed by atoms with Crippen LogP contribution < -0.4 is 10.6 Å². The van der Waals surface area contributed by atoms with Gasteiger partial charge in [-0.3, -0.25) is 0 Å². The maximum atomic E-state index is 14.2. The van der Waals surface area contributed by atoms with Gasteiger partial charge in [0.25, 0.3) is 0 Å². The zero-order chi connectivity index (χ0) is 16.8. The van der Waals surface area contributed by atoms with E-state index in [4.69, 9.17) is 0 Å². The van der Waals surface area contributed by atoms with Crippen LogP contribution in [0.2, 0.25) is 0 Å². The molecule has 0 saturated heterocycles. The molecule has 1 aliphatic heterocycles. The summed E-state index contributed by atoms with van der Waals surface area (Å²) in [7, 11) is 0. The van der Waals surface area contributed by atoms with E-state index in [-0.39, 0.29) is 5.92 Å². The highest BCUT2D eigenvalue weighted by Crippen LogP contribution is 2.46. The van der Waals surface area contributed by atoms with Crippen molar-refractivity contribution in [3.05, 3.63) is 29.3 Å². The van der Waals surface area contributed by atoms with E-state index in [1.54, 1.807) is 0 Å². The number of anilines is 1. The second-order valence-corrected chi connectivity index (χ2v) is 5.54. The Morgan fingerprint density at radius 3 is 2.52 bits per heavy atom. The highest BCUT2D eigenvalue weighted by Gasteiger charge is 2.59. The lowest BCUT2D eigenvalue weighted by atomic mass is 9.78. The summed E-state index contributed by atoms with van der Waals surface area (Å²) in [5.74, 6) is 1.28. The van der Waals surface area contributed by atoms with Crippen LogP contribution in [-0.2, 0) is 5.41 Å². The second kappa shape index (κ2) is 5.11. The normalized spacial score (nSPS) is 23.8. The van der Waals surface area contributed by atoms with Gasteiger partial charge in [0.1, 0.15) is 0 Å². The minimum absolute atomic E-state index is 0.179. The van der Waals surface area contributed by atoms with Gasteiger partial charge < -0.3 is 10.6 Å². The van der Waals surface area contributed by atoms with Crippen molar-refractivity contribution in [3.8, 4) is 11.8 Å². The third kappa shape index (κ3) is 2.60. The number of nitrogens with one attached hydrogen (secondary N) is 2. The molecule has 2 aliphatic rings. The number of carbonyl (C=O) groups excluding carboxylic acids is 1. The quantitative estimate of drug-likeness (QED) is 0.556. The van der Waals surface area contributed by atoms with Crippen LogP contribution in [0, 0.1) is 29.4 Å². The minimum Gasteiger partial charge on any atom is -0.336 e. The third-order valence-corrected chi connectivity index (χ3v) is 3.83. The van der Waals surface area contributed by atoms with Crippen LogP contribution in [0.5, 0.6) is 0 Å². The standard InChI is InChI=1S/C15H11F5N2O/c16-9-3-4-10-11(12(9)17)14(15(18,19)20,6-5-8-1-2-8)7-21-13(23)22-10/h3-4,8H,1-2,7H2,(H2,21,22,23). The monoisotopic (exact) mass is 330 g/mol. The van der Waals surface area contributed by atoms with E-state index < -0.39 is 47.1 Å². The van der Waals surface area contributed by atoms with Crippen molar-refractivity contribution in [2.75, 3.05) is 11.9 Å². The molecule has 0 radical (unpaired) electrons. The lowest BCUT2D eigenvalue weighted by Gasteiger charge is -2.31. The Morgan fingerprint density at radius 2 is 1.91 bits per heavy atom. The van der Waals surface area contributed by atoms with E-state index in [0.717, 1.165) is 6.07 Å². The molecule has 8 heteroatoms. The maximum absolute atomic E-state index is 14.2. The Balaban J connectivity index is 2.29. The number of urea groups is 1. The average Bonchev–Trinajstić information content (AvgIpc) is 3.27. The van der Waals surface area contributed by atoms with E-state index in [1.165, 1.54) is 0 Å². The molecule has 2 N–H and O–H groups in total. The van der Waals surface area contributed by atoms with Crippen LogP contribution in [-0.4, -0.2) is 18.8 Å². The predicted molar refractivity (Wildman–Crippen MR) is 71.6 cm³/mol. The van der Waals surface area contributed by atoms with Gasteiger partial charge in [0.15, 0.2) is 17.0 Å². The van der Waals surface area contributed by atoms with Crippen molar-refractivity contribution in [3.63, 3.8) is 0 Å². The van der Waals surface area contributed by atoms with Gasteiger partial charge in [-0.05, 0) is 25.0 Å². The Bertz CT molecular complexity index is 730. The van der Waals surface area contributed by atoms with Gasteiger partial charge in [-0.25, -0.2) is 13.6 Å². The first kappa shape index (κ1) is 15.6. The number of benzene rings is 1. The highest BCUT2D eigenvalue weighted by atomic mass is 19.4. The molecule has 0 bridgehead atoms. The van der Waals surface area contributed by atoms with Gasteiger partial charge in [0, 0.05) is 18.0 Å². The first-order chi connectivity index (χ1) is 10.7. The Kier molecular flexibility index (Phi) is 3.47. The van der Waals surface area contributed by atoms with Crippen molar-refractivity contribution in [2.45, 2.75) is 24.4 Å². The molecule has 2 amide bonds. The molecule has 1 heterocycles. The second-order valence-electron chi connectivity index (χ2n) is 5.54. The van der Waals surface area contributed by atoms with Crippen LogP contribution in [0.3, 0.4) is 0 Å². The molecule has 1 saturated carbocycles. The molecule has 122 valence electrons. The molecule has 0 aromatic heterocycles. The van der Waals surface area contributed by atoms with Gasteiger partial charge in [0.2, 0.25) is 0 Å². The SMILES string of the molecule is O=C1NCC(C#CC2CC2)(C(F)(F)F)c2c(ccc(F)c2F)N1. The van der Waals surface area contributed by atoms with Crippen LogP contribution in [0.15, 0.2) is 12.1 Å². The summed E-state index contributed by atoms with van der Waals surface area (Å²) in [6.45, 7) is -0.991. The van der Waals surface area contributed by atoms with Gasteiger partial charge in [0.05, 0.1) is 5.69 Å². The zero-order valence-electron chi connectivity index (χ0n) is 11.7. The fraction of sp³-hybridized carbons (Fsp3) is 0.400. The number of rotatable bonds is 0. The number of amides is 2. The molecule has 1 aromatic rings. The summed E-state index contributed by atoms with van der Waals surface area (Å²) in [5.41, 5.74) is -4.44. The molecule has 0 spiro atoms. The molecule has 23 heavy (non-hydrogen) atoms. The molecule has 1 aromatic carbocycles.